The van der Waals surface area contributed by atoms with Gasteiger partial charge < -0.3 is 35.3 Å². The molecule has 0 saturated carbocycles. The molecule has 11 heteroatoms. The van der Waals surface area contributed by atoms with Crippen molar-refractivity contribution in [2.45, 2.75) is 63.9 Å². The van der Waals surface area contributed by atoms with Gasteiger partial charge in [-0.05, 0) is 55.0 Å². The highest BCUT2D eigenvalue weighted by atomic mass is 16.6. The quantitative estimate of drug-likeness (QED) is 0.0924. The maximum Gasteiger partial charge on any atom is 0.408 e. The number of ether oxygens (including phenoxy) is 3. The zero-order valence-corrected chi connectivity index (χ0v) is 28.4. The molecule has 0 bridgehead atoms. The zero-order valence-electron chi connectivity index (χ0n) is 28.4. The molecule has 0 aliphatic rings. The van der Waals surface area contributed by atoms with Crippen molar-refractivity contribution in [2.75, 3.05) is 13.2 Å². The molecular weight excluding hydrogens is 638 g/mol. The van der Waals surface area contributed by atoms with Crippen LogP contribution in [-0.4, -0.2) is 60.3 Å². The Morgan fingerprint density at radius 3 is 1.98 bits per heavy atom. The van der Waals surface area contributed by atoms with Crippen LogP contribution in [0.4, 0.5) is 4.79 Å². The van der Waals surface area contributed by atoms with Gasteiger partial charge in [0.1, 0.15) is 31.6 Å². The molecule has 3 rings (SSSR count). The Labute approximate surface area is 293 Å². The molecule has 0 radical (unpaired) electrons. The van der Waals surface area contributed by atoms with Gasteiger partial charge in [-0.15, -0.1) is 13.2 Å². The van der Waals surface area contributed by atoms with Crippen molar-refractivity contribution in [1.82, 2.24) is 16.0 Å². The molecule has 4 atom stereocenters. The number of allylic oxidation sites excluding steroid dienone is 1. The normalized spacial score (nSPS) is 13.0. The molecule has 11 nitrogen and oxygen atoms in total. The number of aliphatic hydroxyl groups excluding tert-OH is 1. The van der Waals surface area contributed by atoms with Crippen molar-refractivity contribution in [1.29, 1.82) is 0 Å². The number of esters is 1. The minimum Gasteiger partial charge on any atom is -0.489 e. The molecule has 0 spiro atoms. The van der Waals surface area contributed by atoms with Gasteiger partial charge in [0.2, 0.25) is 11.8 Å². The summed E-state index contributed by atoms with van der Waals surface area (Å²) in [7, 11) is 0. The Bertz CT molecular complexity index is 1520. The Morgan fingerprint density at radius 2 is 1.38 bits per heavy atom. The maximum absolute atomic E-state index is 13.5. The van der Waals surface area contributed by atoms with Gasteiger partial charge in [-0.25, -0.2) is 9.59 Å². The van der Waals surface area contributed by atoms with Crippen LogP contribution in [0, 0.1) is 5.92 Å². The first-order chi connectivity index (χ1) is 24.2. The summed E-state index contributed by atoms with van der Waals surface area (Å²) >= 11 is 0. The first-order valence-corrected chi connectivity index (χ1v) is 16.5. The van der Waals surface area contributed by atoms with Crippen LogP contribution in [0.5, 0.6) is 5.75 Å². The predicted molar refractivity (Wildman–Crippen MR) is 190 cm³/mol. The Hall–Kier alpha value is -5.42. The highest BCUT2D eigenvalue weighted by Crippen LogP contribution is 2.17. The standard InChI is InChI=1S/C39H47N3O8/c1-4-12-32(23-36(44)40-28(3)24-43)37(45)41-33(22-29-18-20-34(21-19-29)48-25-30-14-8-6-9-15-30)27-49-38(46)35(13-5-2)42-39(47)50-26-31-16-10-7-11-17-31/h4-11,14-21,28,32-33,35,43H,1-2,12-13,22-27H2,3H3,(H,40,44)(H,41,45)(H,42,47)/t28-,32+,33-,35+/m0/s1. The molecule has 3 aromatic carbocycles. The smallest absolute Gasteiger partial charge is 0.408 e. The third-order valence-electron chi connectivity index (χ3n) is 7.55. The van der Waals surface area contributed by atoms with Crippen LogP contribution in [0.15, 0.2) is 110 Å². The monoisotopic (exact) mass is 685 g/mol. The van der Waals surface area contributed by atoms with E-state index in [1.807, 2.05) is 84.9 Å². The fourth-order valence-electron chi connectivity index (χ4n) is 4.88. The van der Waals surface area contributed by atoms with Gasteiger partial charge in [-0.2, -0.15) is 0 Å². The van der Waals surface area contributed by atoms with E-state index in [4.69, 9.17) is 14.2 Å². The molecule has 3 amide bonds. The van der Waals surface area contributed by atoms with Crippen LogP contribution in [0.3, 0.4) is 0 Å². The van der Waals surface area contributed by atoms with Crippen LogP contribution < -0.4 is 20.7 Å². The number of carbonyl (C=O) groups excluding carboxylic acids is 4. The molecule has 0 heterocycles. The van der Waals surface area contributed by atoms with Crippen LogP contribution in [0.2, 0.25) is 0 Å². The summed E-state index contributed by atoms with van der Waals surface area (Å²) in [6, 6.07) is 24.0. The predicted octanol–water partition coefficient (Wildman–Crippen LogP) is 4.79. The summed E-state index contributed by atoms with van der Waals surface area (Å²) in [6.45, 7) is 9.02. The van der Waals surface area contributed by atoms with E-state index in [1.54, 1.807) is 13.0 Å². The fourth-order valence-corrected chi connectivity index (χ4v) is 4.88. The SMILES string of the molecule is C=CC[C@H](CC(=O)N[C@@H](C)CO)C(=O)N[C@H](COC(=O)[C@@H](CC=C)NC(=O)OCc1ccccc1)Cc1ccc(OCc2ccccc2)cc1. The highest BCUT2D eigenvalue weighted by Gasteiger charge is 2.27. The Kier molecular flexibility index (Phi) is 16.8. The van der Waals surface area contributed by atoms with Crippen molar-refractivity contribution in [3.8, 4) is 5.75 Å². The lowest BCUT2D eigenvalue weighted by molar-refractivity contribution is -0.147. The Balaban J connectivity index is 1.69. The summed E-state index contributed by atoms with van der Waals surface area (Å²) in [5.74, 6) is -1.63. The second-order valence-corrected chi connectivity index (χ2v) is 11.8. The highest BCUT2D eigenvalue weighted by molar-refractivity contribution is 5.86. The number of carbonyl (C=O) groups is 4. The van der Waals surface area contributed by atoms with Gasteiger partial charge in [0.05, 0.1) is 18.6 Å². The first-order valence-electron chi connectivity index (χ1n) is 16.5. The summed E-state index contributed by atoms with van der Waals surface area (Å²) in [4.78, 5) is 51.7. The molecule has 0 unspecified atom stereocenters. The van der Waals surface area contributed by atoms with Gasteiger partial charge in [-0.3, -0.25) is 9.59 Å². The second-order valence-electron chi connectivity index (χ2n) is 11.8. The van der Waals surface area contributed by atoms with E-state index in [9.17, 15) is 24.3 Å². The molecule has 0 saturated heterocycles. The number of amides is 3. The van der Waals surface area contributed by atoms with Gasteiger partial charge in [0.25, 0.3) is 0 Å². The van der Waals surface area contributed by atoms with Crippen LogP contribution >= 0.6 is 0 Å². The number of aliphatic hydroxyl groups is 1. The van der Waals surface area contributed by atoms with Crippen molar-refractivity contribution < 1.29 is 38.5 Å². The Morgan fingerprint density at radius 1 is 0.760 bits per heavy atom. The molecule has 0 aliphatic carbocycles. The van der Waals surface area contributed by atoms with Crippen molar-refractivity contribution in [2.24, 2.45) is 5.92 Å². The van der Waals surface area contributed by atoms with Crippen LogP contribution in [-0.2, 0) is 43.5 Å². The molecule has 266 valence electrons. The van der Waals surface area contributed by atoms with E-state index in [2.05, 4.69) is 29.1 Å². The van der Waals surface area contributed by atoms with Crippen molar-refractivity contribution in [3.05, 3.63) is 127 Å². The van der Waals surface area contributed by atoms with Crippen LogP contribution in [0.1, 0.15) is 42.9 Å². The van der Waals surface area contributed by atoms with Crippen molar-refractivity contribution in [3.63, 3.8) is 0 Å². The molecule has 0 aliphatic heterocycles. The number of benzene rings is 3. The summed E-state index contributed by atoms with van der Waals surface area (Å²) in [5.41, 5.74) is 2.65. The number of hydrogen-bond acceptors (Lipinski definition) is 8. The van der Waals surface area contributed by atoms with E-state index < -0.39 is 42.0 Å². The van der Waals surface area contributed by atoms with Gasteiger partial charge in [-0.1, -0.05) is 84.9 Å². The zero-order chi connectivity index (χ0) is 36.1. The molecule has 0 aromatic heterocycles. The van der Waals surface area contributed by atoms with E-state index in [1.165, 1.54) is 6.08 Å². The molecular formula is C39H47N3O8. The molecule has 3 aromatic rings. The van der Waals surface area contributed by atoms with E-state index >= 15 is 0 Å². The van der Waals surface area contributed by atoms with E-state index in [0.717, 1.165) is 16.7 Å². The minimum absolute atomic E-state index is 0.0233. The molecule has 0 fully saturated rings. The van der Waals surface area contributed by atoms with Gasteiger partial charge in [0.15, 0.2) is 0 Å². The summed E-state index contributed by atoms with van der Waals surface area (Å²) < 4.78 is 16.8. The van der Waals surface area contributed by atoms with E-state index in [-0.39, 0.29) is 51.4 Å². The number of alkyl carbamates (subject to hydrolysis) is 1. The fraction of sp³-hybridized carbons (Fsp3) is 0.333. The lowest BCUT2D eigenvalue weighted by atomic mass is 9.98. The largest absolute Gasteiger partial charge is 0.489 e. The van der Waals surface area contributed by atoms with Gasteiger partial charge in [0, 0.05) is 12.5 Å². The minimum atomic E-state index is -1.07. The number of hydrogen-bond donors (Lipinski definition) is 4. The summed E-state index contributed by atoms with van der Waals surface area (Å²) in [5, 5.41) is 17.4. The topological polar surface area (TPSA) is 152 Å². The average molecular weight is 686 g/mol. The van der Waals surface area contributed by atoms with Gasteiger partial charge >= 0.3 is 12.1 Å². The van der Waals surface area contributed by atoms with Crippen LogP contribution in [0.25, 0.3) is 0 Å². The third kappa shape index (κ3) is 14.4. The summed E-state index contributed by atoms with van der Waals surface area (Å²) in [6.07, 6.45) is 2.71. The first kappa shape index (κ1) is 39.0. The molecule has 50 heavy (non-hydrogen) atoms. The third-order valence-corrected chi connectivity index (χ3v) is 7.55. The number of rotatable bonds is 21. The lowest BCUT2D eigenvalue weighted by Gasteiger charge is -2.24. The number of nitrogens with one attached hydrogen (secondary N) is 3. The lowest BCUT2D eigenvalue weighted by Crippen LogP contribution is -2.47. The maximum atomic E-state index is 13.5. The van der Waals surface area contributed by atoms with E-state index in [0.29, 0.717) is 12.4 Å². The average Bonchev–Trinajstić information content (AvgIpc) is 3.13. The van der Waals surface area contributed by atoms with Crippen molar-refractivity contribution >= 4 is 23.9 Å². The molecule has 4 N–H and O–H groups in total. The second kappa shape index (κ2) is 21.5.